The molecule has 4 aromatic rings. The molecule has 1 saturated heterocycles. The standard InChI is InChI=1S/C26H24ClFN4O3/c1-14-10-16(6-8-29-14)22-11-15(7-9-35-22)21-13-19-24(31(2)26(34)32(3)25(19)33)23(30-21)18-5-4-17(27)12-20(18)28/h4-6,8,10,12-13,15,22H,7,9,11H2,1-3H3/t15-,22+/m0/s1. The topological polar surface area (TPSA) is 79.0 Å². The molecular formula is C26H24ClFN4O3. The average molecular weight is 495 g/mol. The fourth-order valence-corrected chi connectivity index (χ4v) is 4.95. The van der Waals surface area contributed by atoms with Gasteiger partial charge in [-0.1, -0.05) is 11.6 Å². The van der Waals surface area contributed by atoms with E-state index in [4.69, 9.17) is 21.3 Å². The molecule has 0 radical (unpaired) electrons. The van der Waals surface area contributed by atoms with Crippen LogP contribution in [0.5, 0.6) is 0 Å². The van der Waals surface area contributed by atoms with E-state index in [1.165, 1.54) is 23.7 Å². The quantitative estimate of drug-likeness (QED) is 0.421. The average Bonchev–Trinajstić information content (AvgIpc) is 2.85. The first-order chi connectivity index (χ1) is 16.7. The van der Waals surface area contributed by atoms with Gasteiger partial charge < -0.3 is 4.74 Å². The minimum Gasteiger partial charge on any atom is -0.373 e. The Kier molecular flexibility index (Phi) is 6.02. The van der Waals surface area contributed by atoms with Crippen LogP contribution in [0.1, 0.15) is 41.8 Å². The van der Waals surface area contributed by atoms with Crippen LogP contribution in [0, 0.1) is 12.7 Å². The third-order valence-corrected chi connectivity index (χ3v) is 6.87. The van der Waals surface area contributed by atoms with Gasteiger partial charge in [-0.15, -0.1) is 0 Å². The van der Waals surface area contributed by atoms with Crippen molar-refractivity contribution >= 4 is 22.5 Å². The van der Waals surface area contributed by atoms with Crippen molar-refractivity contribution in [3.8, 4) is 11.3 Å². The van der Waals surface area contributed by atoms with Crippen molar-refractivity contribution in [3.63, 3.8) is 0 Å². The van der Waals surface area contributed by atoms with Crippen LogP contribution in [-0.2, 0) is 18.8 Å². The molecule has 1 aromatic carbocycles. The van der Waals surface area contributed by atoms with E-state index in [0.717, 1.165) is 15.8 Å². The van der Waals surface area contributed by atoms with Gasteiger partial charge in [-0.2, -0.15) is 0 Å². The van der Waals surface area contributed by atoms with Crippen molar-refractivity contribution in [3.05, 3.63) is 91.2 Å². The van der Waals surface area contributed by atoms with Crippen molar-refractivity contribution in [1.82, 2.24) is 19.1 Å². The summed E-state index contributed by atoms with van der Waals surface area (Å²) in [7, 11) is 2.99. The zero-order valence-corrected chi connectivity index (χ0v) is 20.3. The number of ether oxygens (including phenoxy) is 1. The predicted octanol–water partition coefficient (Wildman–Crippen LogP) is 4.43. The van der Waals surface area contributed by atoms with Gasteiger partial charge in [0.1, 0.15) is 5.82 Å². The second-order valence-electron chi connectivity index (χ2n) is 8.93. The molecule has 9 heteroatoms. The number of aromatic nitrogens is 4. The minimum absolute atomic E-state index is 0.0253. The number of aryl methyl sites for hydroxylation is 2. The van der Waals surface area contributed by atoms with E-state index in [9.17, 15) is 9.59 Å². The number of halogens is 2. The summed E-state index contributed by atoms with van der Waals surface area (Å²) in [4.78, 5) is 35.0. The molecule has 0 N–H and O–H groups in total. The second-order valence-corrected chi connectivity index (χ2v) is 9.37. The molecule has 0 bridgehead atoms. The van der Waals surface area contributed by atoms with E-state index in [1.54, 1.807) is 25.4 Å². The van der Waals surface area contributed by atoms with Crippen molar-refractivity contribution < 1.29 is 9.13 Å². The maximum Gasteiger partial charge on any atom is 0.331 e. The molecule has 4 heterocycles. The van der Waals surface area contributed by atoms with Crippen LogP contribution in [0.2, 0.25) is 5.02 Å². The zero-order valence-electron chi connectivity index (χ0n) is 19.6. The highest BCUT2D eigenvalue weighted by Gasteiger charge is 2.28. The SMILES string of the molecule is Cc1cc([C@H]2C[C@@H](c3cc4c(=O)n(C)c(=O)n(C)c4c(-c4ccc(Cl)cc4F)n3)CCO2)ccn1. The fourth-order valence-electron chi connectivity index (χ4n) is 4.79. The molecule has 0 spiro atoms. The summed E-state index contributed by atoms with van der Waals surface area (Å²) in [6.07, 6.45) is 2.97. The summed E-state index contributed by atoms with van der Waals surface area (Å²) in [6.45, 7) is 2.45. The van der Waals surface area contributed by atoms with Gasteiger partial charge in [0.2, 0.25) is 0 Å². The van der Waals surface area contributed by atoms with Crippen LogP contribution in [-0.4, -0.2) is 25.7 Å². The number of nitrogens with zero attached hydrogens (tertiary/aromatic N) is 4. The zero-order chi connectivity index (χ0) is 24.9. The normalized spacial score (nSPS) is 18.2. The highest BCUT2D eigenvalue weighted by molar-refractivity contribution is 6.30. The van der Waals surface area contributed by atoms with Crippen LogP contribution in [0.3, 0.4) is 0 Å². The summed E-state index contributed by atoms with van der Waals surface area (Å²) in [5, 5.41) is 0.558. The molecule has 5 rings (SSSR count). The van der Waals surface area contributed by atoms with Gasteiger partial charge in [0.25, 0.3) is 5.56 Å². The molecule has 7 nitrogen and oxygen atoms in total. The van der Waals surface area contributed by atoms with Crippen molar-refractivity contribution in [2.45, 2.75) is 31.8 Å². The lowest BCUT2D eigenvalue weighted by Gasteiger charge is -2.30. The maximum atomic E-state index is 15.1. The van der Waals surface area contributed by atoms with Gasteiger partial charge in [-0.3, -0.25) is 23.9 Å². The summed E-state index contributed by atoms with van der Waals surface area (Å²) in [6, 6.07) is 9.97. The molecule has 1 aliphatic rings. The fraction of sp³-hybridized carbons (Fsp3) is 0.308. The summed E-state index contributed by atoms with van der Waals surface area (Å²) in [5.74, 6) is -0.601. The summed E-state index contributed by atoms with van der Waals surface area (Å²) >= 11 is 5.98. The van der Waals surface area contributed by atoms with Crippen LogP contribution < -0.4 is 11.2 Å². The molecule has 3 aromatic heterocycles. The van der Waals surface area contributed by atoms with Gasteiger partial charge in [0, 0.05) is 54.8 Å². The van der Waals surface area contributed by atoms with Crippen molar-refractivity contribution in [2.24, 2.45) is 14.1 Å². The van der Waals surface area contributed by atoms with E-state index < -0.39 is 17.1 Å². The van der Waals surface area contributed by atoms with Crippen molar-refractivity contribution in [1.29, 1.82) is 0 Å². The first-order valence-corrected chi connectivity index (χ1v) is 11.7. The van der Waals surface area contributed by atoms with Crippen LogP contribution in [0.15, 0.2) is 52.2 Å². The highest BCUT2D eigenvalue weighted by atomic mass is 35.5. The molecule has 2 atom stereocenters. The first-order valence-electron chi connectivity index (χ1n) is 11.3. The predicted molar refractivity (Wildman–Crippen MR) is 132 cm³/mol. The minimum atomic E-state index is -0.575. The van der Waals surface area contributed by atoms with Gasteiger partial charge >= 0.3 is 5.69 Å². The monoisotopic (exact) mass is 494 g/mol. The largest absolute Gasteiger partial charge is 0.373 e. The van der Waals surface area contributed by atoms with Crippen LogP contribution in [0.25, 0.3) is 22.2 Å². The Morgan fingerprint density at radius 1 is 1.11 bits per heavy atom. The van der Waals surface area contributed by atoms with E-state index in [-0.39, 0.29) is 33.8 Å². The second kappa shape index (κ2) is 9.02. The summed E-state index contributed by atoms with van der Waals surface area (Å²) < 4.78 is 23.5. The highest BCUT2D eigenvalue weighted by Crippen LogP contribution is 2.39. The third kappa shape index (κ3) is 4.17. The molecule has 0 unspecified atom stereocenters. The Morgan fingerprint density at radius 2 is 1.91 bits per heavy atom. The molecule has 1 aliphatic heterocycles. The molecule has 180 valence electrons. The van der Waals surface area contributed by atoms with E-state index in [2.05, 4.69) is 4.98 Å². The van der Waals surface area contributed by atoms with E-state index >= 15 is 4.39 Å². The van der Waals surface area contributed by atoms with Gasteiger partial charge in [0.15, 0.2) is 0 Å². The number of pyridine rings is 2. The van der Waals surface area contributed by atoms with E-state index in [0.29, 0.717) is 30.5 Å². The lowest BCUT2D eigenvalue weighted by atomic mass is 9.88. The molecule has 0 saturated carbocycles. The number of benzene rings is 1. The van der Waals surface area contributed by atoms with Gasteiger partial charge in [-0.25, -0.2) is 9.18 Å². The molecule has 35 heavy (non-hydrogen) atoms. The maximum absolute atomic E-state index is 15.1. The number of hydrogen-bond donors (Lipinski definition) is 0. The Balaban J connectivity index is 1.71. The van der Waals surface area contributed by atoms with E-state index in [1.807, 2.05) is 19.1 Å². The van der Waals surface area contributed by atoms with Crippen LogP contribution >= 0.6 is 11.6 Å². The van der Waals surface area contributed by atoms with Crippen LogP contribution in [0.4, 0.5) is 4.39 Å². The third-order valence-electron chi connectivity index (χ3n) is 6.64. The molecule has 1 fully saturated rings. The molecular weight excluding hydrogens is 471 g/mol. The number of hydrogen-bond acceptors (Lipinski definition) is 5. The molecule has 0 aliphatic carbocycles. The first kappa shape index (κ1) is 23.4. The van der Waals surface area contributed by atoms with Gasteiger partial charge in [0.05, 0.1) is 22.7 Å². The number of rotatable bonds is 3. The smallest absolute Gasteiger partial charge is 0.331 e. The Morgan fingerprint density at radius 3 is 2.66 bits per heavy atom. The Hall–Kier alpha value is -3.36. The van der Waals surface area contributed by atoms with Gasteiger partial charge in [-0.05, 0) is 61.7 Å². The summed E-state index contributed by atoms with van der Waals surface area (Å²) in [5.41, 5.74) is 2.35. The van der Waals surface area contributed by atoms with Crippen molar-refractivity contribution in [2.75, 3.05) is 6.61 Å². The lowest BCUT2D eigenvalue weighted by molar-refractivity contribution is 0.00460. The Labute approximate surface area is 205 Å². The Bertz CT molecular complexity index is 1580. The number of fused-ring (bicyclic) bond motifs is 1. The lowest BCUT2D eigenvalue weighted by Crippen LogP contribution is -2.37. The molecule has 0 amide bonds.